The van der Waals surface area contributed by atoms with Crippen molar-refractivity contribution in [2.45, 2.75) is 57.5 Å². The quantitative estimate of drug-likeness (QED) is 0.832. The molecule has 0 radical (unpaired) electrons. The molecule has 2 heterocycles. The van der Waals surface area contributed by atoms with Crippen LogP contribution in [0.5, 0.6) is 0 Å². The van der Waals surface area contributed by atoms with E-state index >= 15 is 0 Å². The Labute approximate surface area is 144 Å². The lowest BCUT2D eigenvalue weighted by atomic mass is 10.0. The Kier molecular flexibility index (Phi) is 4.70. The molecule has 0 bridgehead atoms. The molecule has 1 atom stereocenters. The summed E-state index contributed by atoms with van der Waals surface area (Å²) >= 11 is 0. The number of hydrogen-bond acceptors (Lipinski definition) is 2. The van der Waals surface area contributed by atoms with E-state index in [0.717, 1.165) is 19.4 Å². The van der Waals surface area contributed by atoms with E-state index in [1.807, 2.05) is 50.0 Å². The van der Waals surface area contributed by atoms with E-state index in [1.54, 1.807) is 4.90 Å². The Bertz CT molecular complexity index is 588. The molecule has 1 saturated heterocycles. The van der Waals surface area contributed by atoms with Crippen LogP contribution in [0.3, 0.4) is 0 Å². The van der Waals surface area contributed by atoms with Crippen LogP contribution in [0.2, 0.25) is 0 Å². The van der Waals surface area contributed by atoms with Crippen molar-refractivity contribution in [2.24, 2.45) is 5.92 Å². The molecule has 24 heavy (non-hydrogen) atoms. The molecule has 1 aromatic heterocycles. The number of amides is 2. The summed E-state index contributed by atoms with van der Waals surface area (Å²) in [5.41, 5.74) is -0.605. The summed E-state index contributed by atoms with van der Waals surface area (Å²) in [4.78, 5) is 29.1. The fraction of sp³-hybridized carbons (Fsp3) is 0.684. The molecular formula is C19H29N3O2. The van der Waals surface area contributed by atoms with Crippen LogP contribution in [-0.2, 0) is 15.1 Å². The van der Waals surface area contributed by atoms with Gasteiger partial charge < -0.3 is 14.4 Å². The van der Waals surface area contributed by atoms with Crippen LogP contribution in [-0.4, -0.2) is 52.4 Å². The van der Waals surface area contributed by atoms with Crippen LogP contribution >= 0.6 is 0 Å². The fourth-order valence-corrected chi connectivity index (χ4v) is 4.25. The SMILES string of the molecule is CN(CC1CC(=O)N(C2CCCC2)C1)C(=O)C(C)(C)n1cccc1. The minimum absolute atomic E-state index is 0.0884. The normalized spacial score (nSPS) is 22.4. The third-order valence-electron chi connectivity index (χ3n) is 5.66. The summed E-state index contributed by atoms with van der Waals surface area (Å²) in [6.45, 7) is 5.34. The van der Waals surface area contributed by atoms with Gasteiger partial charge in [-0.25, -0.2) is 0 Å². The summed E-state index contributed by atoms with van der Waals surface area (Å²) < 4.78 is 1.94. The Morgan fingerprint density at radius 2 is 1.88 bits per heavy atom. The molecule has 1 aliphatic carbocycles. The highest BCUT2D eigenvalue weighted by atomic mass is 16.2. The molecule has 0 N–H and O–H groups in total. The van der Waals surface area contributed by atoms with Crippen molar-refractivity contribution in [2.75, 3.05) is 20.1 Å². The molecule has 1 aromatic rings. The zero-order valence-electron chi connectivity index (χ0n) is 15.1. The Balaban J connectivity index is 1.59. The van der Waals surface area contributed by atoms with Gasteiger partial charge in [0.25, 0.3) is 0 Å². The number of rotatable bonds is 5. The van der Waals surface area contributed by atoms with Gasteiger partial charge in [-0.3, -0.25) is 9.59 Å². The molecule has 132 valence electrons. The first-order chi connectivity index (χ1) is 11.4. The molecule has 2 aliphatic rings. The molecule has 2 fully saturated rings. The van der Waals surface area contributed by atoms with Gasteiger partial charge in [0.1, 0.15) is 5.54 Å². The molecule has 0 spiro atoms. The Hall–Kier alpha value is -1.78. The average Bonchev–Trinajstić information content (AvgIpc) is 3.27. The fourth-order valence-electron chi connectivity index (χ4n) is 4.25. The maximum absolute atomic E-state index is 12.9. The molecule has 1 saturated carbocycles. The lowest BCUT2D eigenvalue weighted by molar-refractivity contribution is -0.138. The van der Waals surface area contributed by atoms with E-state index < -0.39 is 5.54 Å². The summed E-state index contributed by atoms with van der Waals surface area (Å²) in [6.07, 6.45) is 9.20. The van der Waals surface area contributed by atoms with Crippen molar-refractivity contribution in [3.8, 4) is 0 Å². The van der Waals surface area contributed by atoms with Gasteiger partial charge in [-0.2, -0.15) is 0 Å². The van der Waals surface area contributed by atoms with Crippen molar-refractivity contribution in [1.82, 2.24) is 14.4 Å². The molecule has 5 heteroatoms. The first-order valence-corrected chi connectivity index (χ1v) is 9.08. The standard InChI is InChI=1S/C19H29N3O2/c1-19(2,21-10-6-7-11-21)18(24)20(3)13-15-12-17(23)22(14-15)16-8-4-5-9-16/h6-7,10-11,15-16H,4-5,8-9,12-14H2,1-3H3. The van der Waals surface area contributed by atoms with E-state index in [4.69, 9.17) is 0 Å². The van der Waals surface area contributed by atoms with Gasteiger partial charge in [0, 0.05) is 50.9 Å². The van der Waals surface area contributed by atoms with Gasteiger partial charge in [-0.1, -0.05) is 12.8 Å². The lowest BCUT2D eigenvalue weighted by Crippen LogP contribution is -2.46. The van der Waals surface area contributed by atoms with E-state index in [2.05, 4.69) is 4.90 Å². The lowest BCUT2D eigenvalue weighted by Gasteiger charge is -2.32. The number of carbonyl (C=O) groups is 2. The molecule has 1 aliphatic heterocycles. The van der Waals surface area contributed by atoms with Crippen molar-refractivity contribution >= 4 is 11.8 Å². The van der Waals surface area contributed by atoms with Gasteiger partial charge in [0.15, 0.2) is 0 Å². The number of likely N-dealkylation sites (tertiary alicyclic amines) is 1. The van der Waals surface area contributed by atoms with Crippen LogP contribution in [0.15, 0.2) is 24.5 Å². The summed E-state index contributed by atoms with van der Waals surface area (Å²) in [7, 11) is 1.86. The number of nitrogens with zero attached hydrogens (tertiary/aromatic N) is 3. The summed E-state index contributed by atoms with van der Waals surface area (Å²) in [5.74, 6) is 0.621. The molecule has 5 nitrogen and oxygen atoms in total. The van der Waals surface area contributed by atoms with Gasteiger partial charge in [-0.15, -0.1) is 0 Å². The first-order valence-electron chi connectivity index (χ1n) is 9.08. The van der Waals surface area contributed by atoms with Gasteiger partial charge >= 0.3 is 0 Å². The highest BCUT2D eigenvalue weighted by Crippen LogP contribution is 2.30. The minimum Gasteiger partial charge on any atom is -0.343 e. The third kappa shape index (κ3) is 3.21. The van der Waals surface area contributed by atoms with Gasteiger partial charge in [-0.05, 0) is 38.8 Å². The molecule has 1 unspecified atom stereocenters. The largest absolute Gasteiger partial charge is 0.343 e. The van der Waals surface area contributed by atoms with E-state index in [-0.39, 0.29) is 17.7 Å². The van der Waals surface area contributed by atoms with Crippen molar-refractivity contribution in [3.63, 3.8) is 0 Å². The molecular weight excluding hydrogens is 302 g/mol. The third-order valence-corrected chi connectivity index (χ3v) is 5.66. The molecule has 2 amide bonds. The molecule has 0 aromatic carbocycles. The van der Waals surface area contributed by atoms with E-state index in [0.29, 0.717) is 19.0 Å². The van der Waals surface area contributed by atoms with Crippen LogP contribution in [0.4, 0.5) is 0 Å². The Morgan fingerprint density at radius 3 is 2.50 bits per heavy atom. The zero-order valence-corrected chi connectivity index (χ0v) is 15.1. The van der Waals surface area contributed by atoms with Crippen molar-refractivity contribution in [3.05, 3.63) is 24.5 Å². The van der Waals surface area contributed by atoms with Crippen LogP contribution in [0.25, 0.3) is 0 Å². The Morgan fingerprint density at radius 1 is 1.25 bits per heavy atom. The van der Waals surface area contributed by atoms with Gasteiger partial charge in [0.05, 0.1) is 0 Å². The second kappa shape index (κ2) is 6.61. The predicted molar refractivity (Wildman–Crippen MR) is 93.5 cm³/mol. The highest BCUT2D eigenvalue weighted by Gasteiger charge is 2.38. The van der Waals surface area contributed by atoms with Crippen molar-refractivity contribution < 1.29 is 9.59 Å². The number of aromatic nitrogens is 1. The van der Waals surface area contributed by atoms with E-state index in [1.165, 1.54) is 12.8 Å². The number of hydrogen-bond donors (Lipinski definition) is 0. The number of likely N-dealkylation sites (N-methyl/N-ethyl adjacent to an activating group) is 1. The minimum atomic E-state index is -0.605. The molecule has 3 rings (SSSR count). The monoisotopic (exact) mass is 331 g/mol. The van der Waals surface area contributed by atoms with E-state index in [9.17, 15) is 9.59 Å². The van der Waals surface area contributed by atoms with Crippen LogP contribution < -0.4 is 0 Å². The second-order valence-corrected chi connectivity index (χ2v) is 7.89. The maximum atomic E-state index is 12.9. The summed E-state index contributed by atoms with van der Waals surface area (Å²) in [6, 6.07) is 4.31. The van der Waals surface area contributed by atoms with Crippen LogP contribution in [0.1, 0.15) is 46.0 Å². The summed E-state index contributed by atoms with van der Waals surface area (Å²) in [5, 5.41) is 0. The van der Waals surface area contributed by atoms with Gasteiger partial charge in [0.2, 0.25) is 11.8 Å². The number of carbonyl (C=O) groups excluding carboxylic acids is 2. The average molecular weight is 331 g/mol. The predicted octanol–water partition coefficient (Wildman–Crippen LogP) is 2.47. The second-order valence-electron chi connectivity index (χ2n) is 7.89. The highest BCUT2D eigenvalue weighted by molar-refractivity contribution is 5.84. The zero-order chi connectivity index (χ0) is 17.3. The smallest absolute Gasteiger partial charge is 0.247 e. The van der Waals surface area contributed by atoms with Crippen LogP contribution in [0, 0.1) is 5.92 Å². The van der Waals surface area contributed by atoms with Crippen molar-refractivity contribution in [1.29, 1.82) is 0 Å². The topological polar surface area (TPSA) is 45.6 Å². The maximum Gasteiger partial charge on any atom is 0.247 e. The first kappa shape index (κ1) is 17.1.